The van der Waals surface area contributed by atoms with Crippen LogP contribution in [0.2, 0.25) is 0 Å². The first-order valence-corrected chi connectivity index (χ1v) is 5.92. The number of anilines is 2. The van der Waals surface area contributed by atoms with Crippen LogP contribution in [0.1, 0.15) is 13.3 Å². The molecule has 18 heavy (non-hydrogen) atoms. The molecule has 1 fully saturated rings. The van der Waals surface area contributed by atoms with Crippen LogP contribution in [0.25, 0.3) is 0 Å². The lowest BCUT2D eigenvalue weighted by atomic mass is 10.2. The van der Waals surface area contributed by atoms with Crippen molar-refractivity contribution in [2.24, 2.45) is 0 Å². The number of aromatic nitrogens is 1. The molecule has 1 atom stereocenters. The van der Waals surface area contributed by atoms with E-state index in [-0.39, 0.29) is 11.9 Å². The van der Waals surface area contributed by atoms with E-state index in [0.29, 0.717) is 11.6 Å². The van der Waals surface area contributed by atoms with Gasteiger partial charge in [-0.1, -0.05) is 0 Å². The van der Waals surface area contributed by atoms with Gasteiger partial charge in [-0.3, -0.25) is 4.79 Å². The Labute approximate surface area is 106 Å². The summed E-state index contributed by atoms with van der Waals surface area (Å²) < 4.78 is 5.10. The SMILES string of the molecule is COc1ccc(N)c(N2CCC(NC(C)=O)C2)n1. The number of nitrogens with zero attached hydrogens (tertiary/aromatic N) is 2. The Bertz CT molecular complexity index is 450. The van der Waals surface area contributed by atoms with E-state index in [1.54, 1.807) is 19.2 Å². The van der Waals surface area contributed by atoms with E-state index in [1.807, 2.05) is 0 Å². The fourth-order valence-electron chi connectivity index (χ4n) is 2.17. The van der Waals surface area contributed by atoms with Crippen LogP contribution in [0, 0.1) is 0 Å². The Kier molecular flexibility index (Phi) is 3.55. The summed E-state index contributed by atoms with van der Waals surface area (Å²) in [5.41, 5.74) is 6.55. The van der Waals surface area contributed by atoms with Gasteiger partial charge in [-0.2, -0.15) is 4.98 Å². The van der Waals surface area contributed by atoms with Gasteiger partial charge in [-0.15, -0.1) is 0 Å². The molecule has 0 aliphatic carbocycles. The van der Waals surface area contributed by atoms with Crippen LogP contribution in [0.5, 0.6) is 5.88 Å². The van der Waals surface area contributed by atoms with Crippen molar-refractivity contribution in [3.05, 3.63) is 12.1 Å². The fourth-order valence-corrected chi connectivity index (χ4v) is 2.17. The number of hydrogen-bond acceptors (Lipinski definition) is 5. The second kappa shape index (κ2) is 5.12. The van der Waals surface area contributed by atoms with Gasteiger partial charge in [0.15, 0.2) is 5.82 Å². The van der Waals surface area contributed by atoms with Crippen LogP contribution in [0.15, 0.2) is 12.1 Å². The van der Waals surface area contributed by atoms with Gasteiger partial charge in [-0.05, 0) is 12.5 Å². The molecule has 6 nitrogen and oxygen atoms in total. The zero-order valence-electron chi connectivity index (χ0n) is 10.6. The van der Waals surface area contributed by atoms with Gasteiger partial charge in [0, 0.05) is 32.1 Å². The van der Waals surface area contributed by atoms with E-state index >= 15 is 0 Å². The monoisotopic (exact) mass is 250 g/mol. The van der Waals surface area contributed by atoms with Crippen molar-refractivity contribution in [1.82, 2.24) is 10.3 Å². The zero-order chi connectivity index (χ0) is 13.1. The molecule has 2 rings (SSSR count). The quantitative estimate of drug-likeness (QED) is 0.811. The summed E-state index contributed by atoms with van der Waals surface area (Å²) in [5, 5.41) is 2.91. The molecule has 1 aromatic rings. The second-order valence-corrected chi connectivity index (χ2v) is 4.40. The molecule has 6 heteroatoms. The van der Waals surface area contributed by atoms with Gasteiger partial charge >= 0.3 is 0 Å². The smallest absolute Gasteiger partial charge is 0.217 e. The summed E-state index contributed by atoms with van der Waals surface area (Å²) in [5.74, 6) is 1.26. The first-order valence-electron chi connectivity index (χ1n) is 5.92. The maximum absolute atomic E-state index is 11.0. The van der Waals surface area contributed by atoms with E-state index in [0.717, 1.165) is 25.3 Å². The number of nitrogen functional groups attached to an aromatic ring is 1. The van der Waals surface area contributed by atoms with E-state index < -0.39 is 0 Å². The Morgan fingerprint density at radius 3 is 3.06 bits per heavy atom. The molecular weight excluding hydrogens is 232 g/mol. The van der Waals surface area contributed by atoms with Crippen LogP contribution >= 0.6 is 0 Å². The summed E-state index contributed by atoms with van der Waals surface area (Å²) in [7, 11) is 1.58. The number of hydrogen-bond donors (Lipinski definition) is 2. The molecule has 3 N–H and O–H groups in total. The van der Waals surface area contributed by atoms with Crippen molar-refractivity contribution in [2.75, 3.05) is 30.8 Å². The number of ether oxygens (including phenoxy) is 1. The van der Waals surface area contributed by atoms with Crippen molar-refractivity contribution in [3.8, 4) is 5.88 Å². The maximum atomic E-state index is 11.0. The molecule has 1 saturated heterocycles. The van der Waals surface area contributed by atoms with Gasteiger partial charge in [0.05, 0.1) is 12.8 Å². The van der Waals surface area contributed by atoms with Gasteiger partial charge in [0.2, 0.25) is 11.8 Å². The molecular formula is C12H18N4O2. The van der Waals surface area contributed by atoms with Gasteiger partial charge in [0.25, 0.3) is 0 Å². The third-order valence-electron chi connectivity index (χ3n) is 2.98. The molecule has 0 saturated carbocycles. The average Bonchev–Trinajstić information content (AvgIpc) is 2.77. The first kappa shape index (κ1) is 12.5. The molecule has 1 amide bonds. The minimum absolute atomic E-state index is 0.00609. The number of nitrogens with one attached hydrogen (secondary N) is 1. The molecule has 1 aromatic heterocycles. The lowest BCUT2D eigenvalue weighted by Gasteiger charge is -2.19. The van der Waals surface area contributed by atoms with Crippen LogP contribution in [-0.2, 0) is 4.79 Å². The maximum Gasteiger partial charge on any atom is 0.217 e. The van der Waals surface area contributed by atoms with Crippen molar-refractivity contribution in [1.29, 1.82) is 0 Å². The molecule has 1 aliphatic heterocycles. The van der Waals surface area contributed by atoms with E-state index in [4.69, 9.17) is 10.5 Å². The van der Waals surface area contributed by atoms with Gasteiger partial charge in [-0.25, -0.2) is 0 Å². The number of rotatable bonds is 3. The molecule has 98 valence electrons. The standard InChI is InChI=1S/C12H18N4O2/c1-8(17)14-9-5-6-16(7-9)12-10(13)3-4-11(15-12)18-2/h3-4,9H,5-7,13H2,1-2H3,(H,14,17). The van der Waals surface area contributed by atoms with Gasteiger partial charge in [0.1, 0.15) is 0 Å². The summed E-state index contributed by atoms with van der Waals surface area (Å²) in [4.78, 5) is 17.4. The molecule has 0 bridgehead atoms. The topological polar surface area (TPSA) is 80.5 Å². The molecule has 0 spiro atoms. The third kappa shape index (κ3) is 2.64. The van der Waals surface area contributed by atoms with E-state index in [1.165, 1.54) is 6.92 Å². The lowest BCUT2D eigenvalue weighted by Crippen LogP contribution is -2.35. The van der Waals surface area contributed by atoms with Crippen molar-refractivity contribution in [2.45, 2.75) is 19.4 Å². The third-order valence-corrected chi connectivity index (χ3v) is 2.98. The van der Waals surface area contributed by atoms with Crippen molar-refractivity contribution in [3.63, 3.8) is 0 Å². The number of nitrogens with two attached hydrogens (primary N) is 1. The van der Waals surface area contributed by atoms with Crippen LogP contribution < -0.4 is 20.7 Å². The highest BCUT2D eigenvalue weighted by Gasteiger charge is 2.25. The largest absolute Gasteiger partial charge is 0.481 e. The van der Waals surface area contributed by atoms with Crippen LogP contribution in [0.3, 0.4) is 0 Å². The molecule has 0 radical (unpaired) electrons. The van der Waals surface area contributed by atoms with Crippen molar-refractivity contribution < 1.29 is 9.53 Å². The highest BCUT2D eigenvalue weighted by atomic mass is 16.5. The average molecular weight is 250 g/mol. The predicted octanol–water partition coefficient (Wildman–Crippen LogP) is 0.387. The predicted molar refractivity (Wildman–Crippen MR) is 69.6 cm³/mol. The lowest BCUT2D eigenvalue weighted by molar-refractivity contribution is -0.119. The number of amides is 1. The Hall–Kier alpha value is -1.98. The first-order chi connectivity index (χ1) is 8.60. The fraction of sp³-hybridized carbons (Fsp3) is 0.500. The summed E-state index contributed by atoms with van der Waals surface area (Å²) in [6.45, 7) is 3.08. The summed E-state index contributed by atoms with van der Waals surface area (Å²) in [6, 6.07) is 3.68. The zero-order valence-corrected chi connectivity index (χ0v) is 10.6. The van der Waals surface area contributed by atoms with E-state index in [2.05, 4.69) is 15.2 Å². The Balaban J connectivity index is 2.11. The summed E-state index contributed by atoms with van der Waals surface area (Å²) >= 11 is 0. The highest BCUT2D eigenvalue weighted by molar-refractivity contribution is 5.73. The minimum atomic E-state index is -0.00609. The normalized spacial score (nSPS) is 18.8. The molecule has 2 heterocycles. The number of carbonyl (C=O) groups excluding carboxylic acids is 1. The highest BCUT2D eigenvalue weighted by Crippen LogP contribution is 2.26. The molecule has 1 aliphatic rings. The summed E-state index contributed by atoms with van der Waals surface area (Å²) in [6.07, 6.45) is 0.901. The minimum Gasteiger partial charge on any atom is -0.481 e. The Morgan fingerprint density at radius 1 is 1.61 bits per heavy atom. The van der Waals surface area contributed by atoms with Crippen LogP contribution in [0.4, 0.5) is 11.5 Å². The van der Waals surface area contributed by atoms with Crippen LogP contribution in [-0.4, -0.2) is 37.1 Å². The molecule has 0 aromatic carbocycles. The molecule has 1 unspecified atom stereocenters. The number of carbonyl (C=O) groups is 1. The number of methoxy groups -OCH3 is 1. The van der Waals surface area contributed by atoms with E-state index in [9.17, 15) is 4.79 Å². The van der Waals surface area contributed by atoms with Crippen molar-refractivity contribution >= 4 is 17.4 Å². The second-order valence-electron chi connectivity index (χ2n) is 4.40. The van der Waals surface area contributed by atoms with Gasteiger partial charge < -0.3 is 20.7 Å². The number of pyridine rings is 1. The Morgan fingerprint density at radius 2 is 2.39 bits per heavy atom.